The van der Waals surface area contributed by atoms with Gasteiger partial charge in [0.05, 0.1) is 10.4 Å². The van der Waals surface area contributed by atoms with Gasteiger partial charge in [0.25, 0.3) is 15.9 Å². The van der Waals surface area contributed by atoms with Gasteiger partial charge in [0.1, 0.15) is 0 Å². The summed E-state index contributed by atoms with van der Waals surface area (Å²) in [6.07, 6.45) is 5.01. The van der Waals surface area contributed by atoms with Crippen LogP contribution in [-0.2, 0) is 16.6 Å². The fourth-order valence-corrected chi connectivity index (χ4v) is 5.24. The van der Waals surface area contributed by atoms with Crippen LogP contribution in [0.2, 0.25) is 0 Å². The molecule has 0 unspecified atom stereocenters. The molecule has 0 fully saturated rings. The molecule has 5 rings (SSSR count). The molecular formula is C27H21N3O3S. The van der Waals surface area contributed by atoms with Crippen molar-refractivity contribution in [1.82, 2.24) is 14.3 Å². The lowest BCUT2D eigenvalue weighted by Gasteiger charge is -2.09. The highest BCUT2D eigenvalue weighted by atomic mass is 32.2. The molecule has 0 bridgehead atoms. The molecule has 2 aromatic heterocycles. The Morgan fingerprint density at radius 2 is 1.59 bits per heavy atom. The molecule has 34 heavy (non-hydrogen) atoms. The fraction of sp³-hybridized carbons (Fsp3) is 0.0370. The highest BCUT2D eigenvalue weighted by Gasteiger charge is 2.22. The molecule has 0 radical (unpaired) electrons. The van der Waals surface area contributed by atoms with Crippen molar-refractivity contribution in [2.45, 2.75) is 11.4 Å². The molecule has 0 aliphatic heterocycles. The van der Waals surface area contributed by atoms with E-state index in [1.165, 1.54) is 28.2 Å². The van der Waals surface area contributed by atoms with Gasteiger partial charge in [-0.3, -0.25) is 9.78 Å². The van der Waals surface area contributed by atoms with E-state index in [0.717, 1.165) is 22.1 Å². The van der Waals surface area contributed by atoms with E-state index in [1.54, 1.807) is 30.7 Å². The summed E-state index contributed by atoms with van der Waals surface area (Å²) in [4.78, 5) is 16.6. The number of hydrogen-bond donors (Lipinski definition) is 1. The number of nitrogens with zero attached hydrogens (tertiary/aromatic N) is 2. The quantitative estimate of drug-likeness (QED) is 0.386. The molecule has 1 N–H and O–H groups in total. The zero-order valence-electron chi connectivity index (χ0n) is 18.1. The average Bonchev–Trinajstić information content (AvgIpc) is 3.29. The van der Waals surface area contributed by atoms with Crippen LogP contribution in [0.25, 0.3) is 22.0 Å². The Labute approximate surface area is 197 Å². The number of para-hydroxylation sites is 1. The zero-order chi connectivity index (χ0) is 23.5. The van der Waals surface area contributed by atoms with Crippen molar-refractivity contribution in [1.29, 1.82) is 0 Å². The summed E-state index contributed by atoms with van der Waals surface area (Å²) in [7, 11) is -3.87. The lowest BCUT2D eigenvalue weighted by atomic mass is 10.1. The number of aromatic nitrogens is 2. The van der Waals surface area contributed by atoms with Gasteiger partial charge in [-0.25, -0.2) is 12.4 Å². The summed E-state index contributed by atoms with van der Waals surface area (Å²) in [5.74, 6) is -0.287. The molecule has 0 aliphatic rings. The van der Waals surface area contributed by atoms with Gasteiger partial charge in [-0.1, -0.05) is 54.6 Å². The number of carbonyl (C=O) groups is 1. The summed E-state index contributed by atoms with van der Waals surface area (Å²) < 4.78 is 28.4. The number of carbonyl (C=O) groups excluding carboxylic acids is 1. The molecule has 0 saturated carbocycles. The Hall–Kier alpha value is -4.23. The molecule has 3 aromatic carbocycles. The maximum Gasteiger partial charge on any atom is 0.268 e. The van der Waals surface area contributed by atoms with Crippen molar-refractivity contribution in [3.8, 4) is 11.1 Å². The monoisotopic (exact) mass is 467 g/mol. The molecular weight excluding hydrogens is 446 g/mol. The van der Waals surface area contributed by atoms with Gasteiger partial charge in [-0.15, -0.1) is 0 Å². The zero-order valence-corrected chi connectivity index (χ0v) is 18.9. The van der Waals surface area contributed by atoms with E-state index >= 15 is 0 Å². The van der Waals surface area contributed by atoms with Crippen molar-refractivity contribution < 1.29 is 13.2 Å². The summed E-state index contributed by atoms with van der Waals surface area (Å²) in [6, 6.07) is 26.7. The molecule has 0 spiro atoms. The first-order valence-electron chi connectivity index (χ1n) is 10.7. The first kappa shape index (κ1) is 21.6. The minimum absolute atomic E-state index is 0.108. The predicted octanol–water partition coefficient (Wildman–Crippen LogP) is 4.87. The first-order valence-corrected chi connectivity index (χ1v) is 12.2. The van der Waals surface area contributed by atoms with Crippen molar-refractivity contribution in [3.63, 3.8) is 0 Å². The Morgan fingerprint density at radius 3 is 2.32 bits per heavy atom. The maximum absolute atomic E-state index is 13.5. The minimum Gasteiger partial charge on any atom is -0.348 e. The summed E-state index contributed by atoms with van der Waals surface area (Å²) in [5, 5.41) is 3.67. The second-order valence-corrected chi connectivity index (χ2v) is 9.61. The Bertz CT molecular complexity index is 1560. The molecule has 2 heterocycles. The van der Waals surface area contributed by atoms with Crippen LogP contribution >= 0.6 is 0 Å². The molecule has 168 valence electrons. The number of rotatable bonds is 6. The highest BCUT2D eigenvalue weighted by Crippen LogP contribution is 2.32. The van der Waals surface area contributed by atoms with E-state index in [2.05, 4.69) is 10.3 Å². The second kappa shape index (κ2) is 8.96. The standard InChI is InChI=1S/C27H21N3O3S/c31-27(29-18-20-7-6-16-28-17-20)22-12-14-23(15-13-22)34(32,33)30-19-25(21-8-2-1-3-9-21)24-10-4-5-11-26(24)30/h1-17,19H,18H2,(H,29,31). The molecule has 1 amide bonds. The second-order valence-electron chi connectivity index (χ2n) is 7.80. The van der Waals surface area contributed by atoms with Crippen LogP contribution in [0.1, 0.15) is 15.9 Å². The van der Waals surface area contributed by atoms with Crippen LogP contribution in [-0.4, -0.2) is 23.3 Å². The van der Waals surface area contributed by atoms with E-state index in [1.807, 2.05) is 54.6 Å². The summed E-state index contributed by atoms with van der Waals surface area (Å²) in [5.41, 5.74) is 3.63. The van der Waals surface area contributed by atoms with Gasteiger partial charge in [0.15, 0.2) is 0 Å². The van der Waals surface area contributed by atoms with Crippen molar-refractivity contribution in [2.75, 3.05) is 0 Å². The summed E-state index contributed by atoms with van der Waals surface area (Å²) >= 11 is 0. The Balaban J connectivity index is 1.45. The summed E-state index contributed by atoms with van der Waals surface area (Å²) in [6.45, 7) is 0.338. The lowest BCUT2D eigenvalue weighted by Crippen LogP contribution is -2.23. The lowest BCUT2D eigenvalue weighted by molar-refractivity contribution is 0.0950. The smallest absolute Gasteiger partial charge is 0.268 e. The topological polar surface area (TPSA) is 81.1 Å². The minimum atomic E-state index is -3.87. The van der Waals surface area contributed by atoms with Gasteiger partial charge >= 0.3 is 0 Å². The average molecular weight is 468 g/mol. The highest BCUT2D eigenvalue weighted by molar-refractivity contribution is 7.90. The number of pyridine rings is 1. The SMILES string of the molecule is O=C(NCc1cccnc1)c1ccc(S(=O)(=O)n2cc(-c3ccccc3)c3ccccc32)cc1. The van der Waals surface area contributed by atoms with Crippen molar-refractivity contribution in [2.24, 2.45) is 0 Å². The van der Waals surface area contributed by atoms with E-state index < -0.39 is 10.0 Å². The number of nitrogens with one attached hydrogen (secondary N) is 1. The molecule has 5 aromatic rings. The van der Waals surface area contributed by atoms with Gasteiger partial charge in [-0.2, -0.15) is 0 Å². The molecule has 6 nitrogen and oxygen atoms in total. The number of hydrogen-bond acceptors (Lipinski definition) is 4. The van der Waals surface area contributed by atoms with E-state index in [0.29, 0.717) is 17.6 Å². The van der Waals surface area contributed by atoms with Crippen molar-refractivity contribution in [3.05, 3.63) is 121 Å². The molecule has 0 atom stereocenters. The predicted molar refractivity (Wildman–Crippen MR) is 132 cm³/mol. The molecule has 7 heteroatoms. The van der Waals surface area contributed by atoms with Crippen LogP contribution in [0, 0.1) is 0 Å². The van der Waals surface area contributed by atoms with Gasteiger partial charge in [0, 0.05) is 41.6 Å². The van der Waals surface area contributed by atoms with Crippen LogP contribution in [0.3, 0.4) is 0 Å². The molecule has 0 saturated heterocycles. The van der Waals surface area contributed by atoms with Crippen LogP contribution in [0.4, 0.5) is 0 Å². The number of benzene rings is 3. The normalized spacial score (nSPS) is 11.4. The van der Waals surface area contributed by atoms with Crippen molar-refractivity contribution >= 4 is 26.8 Å². The number of amides is 1. The van der Waals surface area contributed by atoms with E-state index in [4.69, 9.17) is 0 Å². The van der Waals surface area contributed by atoms with Gasteiger partial charge in [-0.05, 0) is 47.5 Å². The van der Waals surface area contributed by atoms with Gasteiger partial charge < -0.3 is 5.32 Å². The molecule has 0 aliphatic carbocycles. The third-order valence-electron chi connectivity index (χ3n) is 5.61. The van der Waals surface area contributed by atoms with Crippen LogP contribution in [0.5, 0.6) is 0 Å². The Morgan fingerprint density at radius 1 is 0.853 bits per heavy atom. The maximum atomic E-state index is 13.5. The van der Waals surface area contributed by atoms with Crippen LogP contribution in [0.15, 0.2) is 114 Å². The van der Waals surface area contributed by atoms with E-state index in [9.17, 15) is 13.2 Å². The third kappa shape index (κ3) is 4.09. The van der Waals surface area contributed by atoms with Gasteiger partial charge in [0.2, 0.25) is 0 Å². The third-order valence-corrected chi connectivity index (χ3v) is 7.30. The Kier molecular flexibility index (Phi) is 5.69. The fourth-order valence-electron chi connectivity index (χ4n) is 3.88. The first-order chi connectivity index (χ1) is 16.5. The van der Waals surface area contributed by atoms with Crippen LogP contribution < -0.4 is 5.32 Å². The number of fused-ring (bicyclic) bond motifs is 1. The largest absolute Gasteiger partial charge is 0.348 e. The van der Waals surface area contributed by atoms with E-state index in [-0.39, 0.29) is 10.8 Å².